The van der Waals surface area contributed by atoms with Gasteiger partial charge in [-0.05, 0) is 19.3 Å². The van der Waals surface area contributed by atoms with Gasteiger partial charge in [0.15, 0.2) is 5.69 Å². The monoisotopic (exact) mass is 286 g/mol. The minimum Gasteiger partial charge on any atom is -0.476 e. The number of carbonyl (C=O) groups is 1. The maximum atomic E-state index is 11.2. The second kappa shape index (κ2) is 5.56. The highest BCUT2D eigenvalue weighted by Gasteiger charge is 2.26. The summed E-state index contributed by atoms with van der Waals surface area (Å²) in [6.07, 6.45) is 0. The van der Waals surface area contributed by atoms with Crippen molar-refractivity contribution in [1.82, 2.24) is 10.3 Å². The van der Waals surface area contributed by atoms with Crippen LogP contribution < -0.4 is 5.32 Å². The van der Waals surface area contributed by atoms with Crippen LogP contribution in [0.3, 0.4) is 0 Å². The van der Waals surface area contributed by atoms with Gasteiger partial charge in [-0.3, -0.25) is 0 Å². The summed E-state index contributed by atoms with van der Waals surface area (Å²) in [7, 11) is 0. The van der Waals surface area contributed by atoms with E-state index in [2.05, 4.69) is 10.3 Å². The van der Waals surface area contributed by atoms with E-state index in [1.54, 1.807) is 13.8 Å². The average Bonchev–Trinajstić information content (AvgIpc) is 2.59. The lowest BCUT2D eigenvalue weighted by Crippen LogP contribution is -2.34. The van der Waals surface area contributed by atoms with Crippen molar-refractivity contribution in [2.75, 3.05) is 6.54 Å². The Bertz CT molecular complexity index is 455. The zero-order valence-electron chi connectivity index (χ0n) is 12.1. The van der Waals surface area contributed by atoms with Crippen molar-refractivity contribution in [3.05, 3.63) is 15.6 Å². The molecular weight excluding hydrogens is 264 g/mol. The molecule has 0 aromatic carbocycles. The molecule has 0 saturated carbocycles. The molecule has 1 aromatic heterocycles. The fourth-order valence-corrected chi connectivity index (χ4v) is 2.65. The summed E-state index contributed by atoms with van der Waals surface area (Å²) in [4.78, 5) is 16.1. The first kappa shape index (κ1) is 16.1. The van der Waals surface area contributed by atoms with Gasteiger partial charge in [-0.15, -0.1) is 11.3 Å². The molecule has 0 saturated heterocycles. The Morgan fingerprint density at radius 2 is 1.89 bits per heavy atom. The van der Waals surface area contributed by atoms with E-state index in [4.69, 9.17) is 0 Å². The van der Waals surface area contributed by atoms with Crippen LogP contribution >= 0.6 is 11.3 Å². The van der Waals surface area contributed by atoms with Crippen molar-refractivity contribution < 1.29 is 15.0 Å². The predicted octanol–water partition coefficient (Wildman–Crippen LogP) is 2.00. The molecule has 1 aromatic rings. The van der Waals surface area contributed by atoms with Gasteiger partial charge in [0.25, 0.3) is 0 Å². The van der Waals surface area contributed by atoms with Gasteiger partial charge in [0, 0.05) is 18.0 Å². The second-order valence-electron chi connectivity index (χ2n) is 6.26. The molecule has 0 fully saturated rings. The first-order chi connectivity index (χ1) is 8.50. The molecule has 0 bridgehead atoms. The van der Waals surface area contributed by atoms with E-state index in [9.17, 15) is 15.0 Å². The van der Waals surface area contributed by atoms with E-state index in [1.165, 1.54) is 11.3 Å². The number of nitrogens with one attached hydrogen (secondary N) is 1. The van der Waals surface area contributed by atoms with Crippen LogP contribution in [0.1, 0.15) is 55.0 Å². The topological polar surface area (TPSA) is 82.5 Å². The van der Waals surface area contributed by atoms with E-state index in [-0.39, 0.29) is 11.1 Å². The molecule has 0 atom stereocenters. The number of hydrogen-bond donors (Lipinski definition) is 3. The molecule has 1 rings (SSSR count). The lowest BCUT2D eigenvalue weighted by atomic mass is 9.93. The van der Waals surface area contributed by atoms with Crippen molar-refractivity contribution in [2.24, 2.45) is 0 Å². The van der Waals surface area contributed by atoms with Crippen LogP contribution in [0.25, 0.3) is 0 Å². The summed E-state index contributed by atoms with van der Waals surface area (Å²) in [5.74, 6) is -0.991. The Balaban J connectivity index is 2.85. The molecule has 5 nitrogen and oxygen atoms in total. The molecule has 0 amide bonds. The SMILES string of the molecule is CC(C)(O)CNCc1nc(C(=O)O)c(C(C)(C)C)s1. The Hall–Kier alpha value is -0.980. The minimum absolute atomic E-state index is 0.137. The summed E-state index contributed by atoms with van der Waals surface area (Å²) in [6.45, 7) is 10.2. The number of thiazole rings is 1. The number of carboxylic acids is 1. The molecule has 1 heterocycles. The molecule has 6 heteroatoms. The summed E-state index contributed by atoms with van der Waals surface area (Å²) < 4.78 is 0. The van der Waals surface area contributed by atoms with Crippen LogP contribution in [0.4, 0.5) is 0 Å². The highest BCUT2D eigenvalue weighted by Crippen LogP contribution is 2.31. The van der Waals surface area contributed by atoms with Crippen molar-refractivity contribution in [3.63, 3.8) is 0 Å². The summed E-state index contributed by atoms with van der Waals surface area (Å²) >= 11 is 1.41. The third kappa shape index (κ3) is 4.89. The number of hydrogen-bond acceptors (Lipinski definition) is 5. The lowest BCUT2D eigenvalue weighted by Gasteiger charge is -2.17. The molecule has 0 radical (unpaired) electrons. The molecule has 0 aliphatic heterocycles. The van der Waals surface area contributed by atoms with Gasteiger partial charge < -0.3 is 15.5 Å². The molecule has 0 aliphatic carbocycles. The van der Waals surface area contributed by atoms with Crippen LogP contribution in [0.2, 0.25) is 0 Å². The highest BCUT2D eigenvalue weighted by atomic mass is 32.1. The van der Waals surface area contributed by atoms with Crippen LogP contribution in [0.15, 0.2) is 0 Å². The predicted molar refractivity (Wildman–Crippen MR) is 75.8 cm³/mol. The van der Waals surface area contributed by atoms with Crippen molar-refractivity contribution >= 4 is 17.3 Å². The Labute approximate surface area is 117 Å². The fourth-order valence-electron chi connectivity index (χ4n) is 1.57. The third-order valence-electron chi connectivity index (χ3n) is 2.39. The van der Waals surface area contributed by atoms with Gasteiger partial charge in [-0.25, -0.2) is 9.78 Å². The average molecular weight is 286 g/mol. The van der Waals surface area contributed by atoms with E-state index in [0.29, 0.717) is 13.1 Å². The normalized spacial score (nSPS) is 12.7. The number of aliphatic hydroxyl groups is 1. The number of rotatable bonds is 5. The van der Waals surface area contributed by atoms with Gasteiger partial charge in [0.05, 0.1) is 5.60 Å². The molecule has 108 valence electrons. The molecule has 0 spiro atoms. The molecule has 0 aliphatic rings. The number of aromatic nitrogens is 1. The van der Waals surface area contributed by atoms with Crippen LogP contribution in [0.5, 0.6) is 0 Å². The van der Waals surface area contributed by atoms with Crippen molar-refractivity contribution in [2.45, 2.75) is 52.2 Å². The molecular formula is C13H22N2O3S. The van der Waals surface area contributed by atoms with E-state index in [1.807, 2.05) is 20.8 Å². The van der Waals surface area contributed by atoms with E-state index >= 15 is 0 Å². The molecule has 19 heavy (non-hydrogen) atoms. The smallest absolute Gasteiger partial charge is 0.355 e. The van der Waals surface area contributed by atoms with Crippen LogP contribution in [0, 0.1) is 0 Å². The maximum Gasteiger partial charge on any atom is 0.355 e. The zero-order chi connectivity index (χ0) is 14.8. The Morgan fingerprint density at radius 3 is 2.26 bits per heavy atom. The highest BCUT2D eigenvalue weighted by molar-refractivity contribution is 7.12. The minimum atomic E-state index is -0.991. The first-order valence-electron chi connectivity index (χ1n) is 6.17. The quantitative estimate of drug-likeness (QED) is 0.771. The number of nitrogens with zero attached hydrogens (tertiary/aromatic N) is 1. The lowest BCUT2D eigenvalue weighted by molar-refractivity contribution is 0.0687. The third-order valence-corrected chi connectivity index (χ3v) is 3.87. The van der Waals surface area contributed by atoms with Crippen molar-refractivity contribution in [1.29, 1.82) is 0 Å². The van der Waals surface area contributed by atoms with Gasteiger partial charge in [-0.1, -0.05) is 20.8 Å². The van der Waals surface area contributed by atoms with Gasteiger partial charge >= 0.3 is 5.97 Å². The van der Waals surface area contributed by atoms with E-state index in [0.717, 1.165) is 9.88 Å². The first-order valence-corrected chi connectivity index (χ1v) is 6.99. The van der Waals surface area contributed by atoms with Crippen LogP contribution in [-0.2, 0) is 12.0 Å². The standard InChI is InChI=1S/C13H22N2O3S/c1-12(2,3)10-9(11(16)17)15-8(19-10)6-14-7-13(4,5)18/h14,18H,6-7H2,1-5H3,(H,16,17). The van der Waals surface area contributed by atoms with Crippen molar-refractivity contribution in [3.8, 4) is 0 Å². The number of aromatic carboxylic acids is 1. The van der Waals surface area contributed by atoms with Gasteiger partial charge in [-0.2, -0.15) is 0 Å². The van der Waals surface area contributed by atoms with E-state index < -0.39 is 11.6 Å². The van der Waals surface area contributed by atoms with Gasteiger partial charge in [0.1, 0.15) is 5.01 Å². The molecule has 3 N–H and O–H groups in total. The Kier molecular flexibility index (Phi) is 4.71. The maximum absolute atomic E-state index is 11.2. The second-order valence-corrected chi connectivity index (χ2v) is 7.34. The number of carboxylic acid groups (broad SMARTS) is 1. The summed E-state index contributed by atoms with van der Waals surface area (Å²) in [6, 6.07) is 0. The van der Waals surface area contributed by atoms with Gasteiger partial charge in [0.2, 0.25) is 0 Å². The largest absolute Gasteiger partial charge is 0.476 e. The molecule has 0 unspecified atom stereocenters. The summed E-state index contributed by atoms with van der Waals surface area (Å²) in [5, 5.41) is 22.6. The Morgan fingerprint density at radius 1 is 1.32 bits per heavy atom. The fraction of sp³-hybridized carbons (Fsp3) is 0.692. The summed E-state index contributed by atoms with van der Waals surface area (Å²) in [5.41, 5.74) is -0.892. The zero-order valence-corrected chi connectivity index (χ0v) is 12.9. The van der Waals surface area contributed by atoms with Crippen LogP contribution in [-0.4, -0.2) is 33.3 Å².